The smallest absolute Gasteiger partial charge is 0.355 e. The fourth-order valence-electron chi connectivity index (χ4n) is 3.95. The number of esters is 1. The van der Waals surface area contributed by atoms with Gasteiger partial charge in [-0.3, -0.25) is 4.79 Å². The van der Waals surface area contributed by atoms with Gasteiger partial charge < -0.3 is 9.30 Å². The van der Waals surface area contributed by atoms with Crippen LogP contribution in [0, 0.1) is 26.7 Å². The van der Waals surface area contributed by atoms with Gasteiger partial charge >= 0.3 is 5.97 Å². The molecule has 182 valence electrons. The summed E-state index contributed by atoms with van der Waals surface area (Å²) in [5, 5.41) is 0. The van der Waals surface area contributed by atoms with Gasteiger partial charge in [0.05, 0.1) is 18.0 Å². The van der Waals surface area contributed by atoms with Crippen LogP contribution < -0.4 is 0 Å². The van der Waals surface area contributed by atoms with Gasteiger partial charge in [-0.25, -0.2) is 13.2 Å². The number of aromatic nitrogens is 1. The molecule has 2 aromatic rings. The second kappa shape index (κ2) is 11.1. The lowest BCUT2D eigenvalue weighted by Gasteiger charge is -2.23. The Morgan fingerprint density at radius 2 is 1.67 bits per heavy atom. The Balaban J connectivity index is 2.48. The van der Waals surface area contributed by atoms with E-state index in [0.29, 0.717) is 35.5 Å². The zero-order valence-corrected chi connectivity index (χ0v) is 21.6. The fraction of sp³-hybridized carbons (Fsp3) is 0.520. The van der Waals surface area contributed by atoms with Gasteiger partial charge in [0.2, 0.25) is 10.0 Å². The van der Waals surface area contributed by atoms with Crippen molar-refractivity contribution in [2.75, 3.05) is 19.7 Å². The lowest BCUT2D eigenvalue weighted by molar-refractivity contribution is 0.0512. The number of carbonyl (C=O) groups is 2. The number of sulfonamides is 1. The Kier molecular flexibility index (Phi) is 9.03. The topological polar surface area (TPSA) is 85.7 Å². The summed E-state index contributed by atoms with van der Waals surface area (Å²) in [6, 6.07) is 6.63. The number of Topliss-reactive ketones (excluding diaryl/α,β-unsaturated/α-hetero) is 1. The third kappa shape index (κ3) is 5.92. The standard InChI is InChI=1S/C25H36N2O5S/c1-8-27-20(7)23(19(6)24(27)25(29)32-9-2)22(28)16-26(15-14-17(3)4)33(30,31)21-12-10-18(5)11-13-21/h10-13,17H,8-9,14-16H2,1-7H3. The van der Waals surface area contributed by atoms with E-state index in [1.54, 1.807) is 49.6 Å². The highest BCUT2D eigenvalue weighted by atomic mass is 32.2. The third-order valence-corrected chi connectivity index (χ3v) is 7.62. The number of nitrogens with zero attached hydrogens (tertiary/aromatic N) is 2. The van der Waals surface area contributed by atoms with Crippen molar-refractivity contribution >= 4 is 21.8 Å². The molecule has 0 amide bonds. The van der Waals surface area contributed by atoms with Crippen LogP contribution in [0.4, 0.5) is 0 Å². The summed E-state index contributed by atoms with van der Waals surface area (Å²) in [5.41, 5.74) is 2.84. The van der Waals surface area contributed by atoms with Crippen LogP contribution in [0.2, 0.25) is 0 Å². The van der Waals surface area contributed by atoms with E-state index < -0.39 is 16.0 Å². The Morgan fingerprint density at radius 3 is 2.18 bits per heavy atom. The van der Waals surface area contributed by atoms with Crippen molar-refractivity contribution in [3.05, 3.63) is 52.3 Å². The molecule has 0 aliphatic heterocycles. The number of carbonyl (C=O) groups excluding carboxylic acids is 2. The van der Waals surface area contributed by atoms with Crippen LogP contribution in [0.15, 0.2) is 29.2 Å². The summed E-state index contributed by atoms with van der Waals surface area (Å²) in [7, 11) is -3.86. The van der Waals surface area contributed by atoms with Gasteiger partial charge in [0, 0.05) is 24.3 Å². The molecule has 0 N–H and O–H groups in total. The lowest BCUT2D eigenvalue weighted by Crippen LogP contribution is -2.37. The highest BCUT2D eigenvalue weighted by molar-refractivity contribution is 7.89. The van der Waals surface area contributed by atoms with E-state index in [1.165, 1.54) is 4.31 Å². The molecule has 1 aromatic heterocycles. The maximum atomic E-state index is 13.5. The van der Waals surface area contributed by atoms with Crippen LogP contribution >= 0.6 is 0 Å². The zero-order chi connectivity index (χ0) is 24.9. The van der Waals surface area contributed by atoms with Gasteiger partial charge in [-0.1, -0.05) is 31.5 Å². The zero-order valence-electron chi connectivity index (χ0n) is 20.8. The van der Waals surface area contributed by atoms with Crippen LogP contribution in [-0.2, 0) is 21.3 Å². The Bertz CT molecular complexity index is 1100. The van der Waals surface area contributed by atoms with Crippen LogP contribution in [0.1, 0.15) is 71.8 Å². The van der Waals surface area contributed by atoms with E-state index in [2.05, 4.69) is 0 Å². The molecule has 1 aromatic carbocycles. The first-order chi connectivity index (χ1) is 15.4. The average Bonchev–Trinajstić information content (AvgIpc) is 3.00. The van der Waals surface area contributed by atoms with Crippen LogP contribution in [0.25, 0.3) is 0 Å². The van der Waals surface area contributed by atoms with E-state index >= 15 is 0 Å². The van der Waals surface area contributed by atoms with Crippen LogP contribution in [-0.4, -0.2) is 48.7 Å². The molecule has 0 radical (unpaired) electrons. The molecule has 8 heteroatoms. The summed E-state index contributed by atoms with van der Waals surface area (Å²) in [5.74, 6) is -0.541. The Morgan fingerprint density at radius 1 is 1.06 bits per heavy atom. The second-order valence-corrected chi connectivity index (χ2v) is 10.6. The molecule has 0 saturated carbocycles. The molecule has 0 saturated heterocycles. The molecular formula is C25H36N2O5S. The number of hydrogen-bond donors (Lipinski definition) is 0. The molecule has 33 heavy (non-hydrogen) atoms. The van der Waals surface area contributed by atoms with Gasteiger partial charge in [-0.2, -0.15) is 4.31 Å². The molecule has 0 atom stereocenters. The predicted molar refractivity (Wildman–Crippen MR) is 129 cm³/mol. The molecule has 0 spiro atoms. The SMILES string of the molecule is CCOC(=O)c1c(C)c(C(=O)CN(CCC(C)C)S(=O)(=O)c2ccc(C)cc2)c(C)n1CC. The van der Waals surface area contributed by atoms with Gasteiger partial charge in [0.15, 0.2) is 5.78 Å². The molecule has 0 unspecified atom stereocenters. The first kappa shape index (κ1) is 26.8. The van der Waals surface area contributed by atoms with Crippen LogP contribution in [0.5, 0.6) is 0 Å². The fourth-order valence-corrected chi connectivity index (χ4v) is 5.36. The number of ketones is 1. The van der Waals surface area contributed by atoms with E-state index in [1.807, 2.05) is 27.7 Å². The highest BCUT2D eigenvalue weighted by Gasteiger charge is 2.31. The monoisotopic (exact) mass is 476 g/mol. The van der Waals surface area contributed by atoms with Gasteiger partial charge in [0.1, 0.15) is 5.69 Å². The largest absolute Gasteiger partial charge is 0.461 e. The third-order valence-electron chi connectivity index (χ3n) is 5.77. The molecule has 0 aliphatic carbocycles. The normalized spacial score (nSPS) is 11.9. The molecule has 1 heterocycles. The molecule has 0 fully saturated rings. The van der Waals surface area contributed by atoms with Crippen molar-refractivity contribution in [2.45, 2.75) is 66.3 Å². The number of rotatable bonds is 11. The number of hydrogen-bond acceptors (Lipinski definition) is 5. The summed E-state index contributed by atoms with van der Waals surface area (Å²) in [6.45, 7) is 13.7. The molecule has 0 aliphatic rings. The van der Waals surface area contributed by atoms with Crippen molar-refractivity contribution in [3.63, 3.8) is 0 Å². The minimum Gasteiger partial charge on any atom is -0.461 e. The van der Waals surface area contributed by atoms with Crippen molar-refractivity contribution in [3.8, 4) is 0 Å². The van der Waals surface area contributed by atoms with Crippen molar-refractivity contribution in [1.29, 1.82) is 0 Å². The van der Waals surface area contributed by atoms with Gasteiger partial charge in [0.25, 0.3) is 0 Å². The van der Waals surface area contributed by atoms with E-state index in [0.717, 1.165) is 5.56 Å². The van der Waals surface area contributed by atoms with Gasteiger partial charge in [-0.15, -0.1) is 0 Å². The lowest BCUT2D eigenvalue weighted by atomic mass is 10.1. The molecule has 7 nitrogen and oxygen atoms in total. The molecular weight excluding hydrogens is 440 g/mol. The quantitative estimate of drug-likeness (QED) is 0.351. The van der Waals surface area contributed by atoms with E-state index in [-0.39, 0.29) is 36.3 Å². The summed E-state index contributed by atoms with van der Waals surface area (Å²) >= 11 is 0. The van der Waals surface area contributed by atoms with Crippen molar-refractivity contribution < 1.29 is 22.7 Å². The minimum atomic E-state index is -3.86. The number of aryl methyl sites for hydroxylation is 1. The molecule has 2 rings (SSSR count). The maximum Gasteiger partial charge on any atom is 0.355 e. The van der Waals surface area contributed by atoms with Crippen LogP contribution in [0.3, 0.4) is 0 Å². The second-order valence-electron chi connectivity index (χ2n) is 8.66. The van der Waals surface area contributed by atoms with Crippen molar-refractivity contribution in [2.24, 2.45) is 5.92 Å². The minimum absolute atomic E-state index is 0.163. The number of benzene rings is 1. The predicted octanol–water partition coefficient (Wildman–Crippen LogP) is 4.53. The first-order valence-electron chi connectivity index (χ1n) is 11.4. The number of ether oxygens (including phenoxy) is 1. The highest BCUT2D eigenvalue weighted by Crippen LogP contribution is 2.25. The maximum absolute atomic E-state index is 13.5. The van der Waals surface area contributed by atoms with E-state index in [4.69, 9.17) is 4.74 Å². The Hall–Kier alpha value is -2.45. The molecule has 0 bridgehead atoms. The summed E-state index contributed by atoms with van der Waals surface area (Å²) < 4.78 is 35.0. The van der Waals surface area contributed by atoms with Crippen molar-refractivity contribution in [1.82, 2.24) is 8.87 Å². The van der Waals surface area contributed by atoms with Gasteiger partial charge in [-0.05, 0) is 64.7 Å². The van der Waals surface area contributed by atoms with E-state index in [9.17, 15) is 18.0 Å². The summed E-state index contributed by atoms with van der Waals surface area (Å²) in [4.78, 5) is 26.2. The average molecular weight is 477 g/mol. The Labute approximate surface area is 197 Å². The first-order valence-corrected chi connectivity index (χ1v) is 12.9. The summed E-state index contributed by atoms with van der Waals surface area (Å²) in [6.07, 6.45) is 0.625.